The molecule has 0 aliphatic rings. The SMILES string of the molecule is O=C(Nc1ccc2nc[nH]c2c1)c1ccc(-n2cnc3ccccc3c2=O)cc1. The summed E-state index contributed by atoms with van der Waals surface area (Å²) < 4.78 is 1.47. The lowest BCUT2D eigenvalue weighted by Crippen LogP contribution is -2.19. The van der Waals surface area contributed by atoms with Crippen LogP contribution in [-0.2, 0) is 0 Å². The number of hydrogen-bond donors (Lipinski definition) is 2. The largest absolute Gasteiger partial charge is 0.345 e. The van der Waals surface area contributed by atoms with Gasteiger partial charge in [-0.25, -0.2) is 9.97 Å². The van der Waals surface area contributed by atoms with Gasteiger partial charge in [-0.15, -0.1) is 0 Å². The van der Waals surface area contributed by atoms with Crippen LogP contribution >= 0.6 is 0 Å². The van der Waals surface area contributed by atoms with E-state index in [9.17, 15) is 9.59 Å². The summed E-state index contributed by atoms with van der Waals surface area (Å²) in [6.45, 7) is 0. The average Bonchev–Trinajstić information content (AvgIpc) is 3.22. The van der Waals surface area contributed by atoms with Crippen molar-refractivity contribution >= 4 is 33.5 Å². The molecule has 29 heavy (non-hydrogen) atoms. The normalized spacial score (nSPS) is 11.0. The minimum absolute atomic E-state index is 0.152. The number of aromatic nitrogens is 4. The number of anilines is 1. The number of fused-ring (bicyclic) bond motifs is 2. The predicted molar refractivity (Wildman–Crippen MR) is 111 cm³/mol. The molecule has 3 aromatic carbocycles. The second-order valence-corrected chi connectivity index (χ2v) is 6.57. The third-order valence-electron chi connectivity index (χ3n) is 4.75. The number of imidazole rings is 1. The second kappa shape index (κ2) is 6.72. The van der Waals surface area contributed by atoms with Gasteiger partial charge in [-0.2, -0.15) is 0 Å². The van der Waals surface area contributed by atoms with E-state index in [1.165, 1.54) is 10.9 Å². The van der Waals surface area contributed by atoms with Gasteiger partial charge in [0, 0.05) is 11.3 Å². The van der Waals surface area contributed by atoms with Crippen molar-refractivity contribution in [2.75, 3.05) is 5.32 Å². The minimum Gasteiger partial charge on any atom is -0.345 e. The van der Waals surface area contributed by atoms with Gasteiger partial charge >= 0.3 is 0 Å². The molecule has 7 heteroatoms. The molecule has 140 valence electrons. The molecule has 0 saturated carbocycles. The number of carbonyl (C=O) groups excluding carboxylic acids is 1. The van der Waals surface area contributed by atoms with Crippen LogP contribution in [0.3, 0.4) is 0 Å². The Bertz CT molecular complexity index is 1420. The molecule has 2 aromatic heterocycles. The Morgan fingerprint density at radius 2 is 1.76 bits per heavy atom. The van der Waals surface area contributed by atoms with Crippen molar-refractivity contribution in [1.29, 1.82) is 0 Å². The molecule has 0 unspecified atom stereocenters. The first-order chi connectivity index (χ1) is 14.2. The maximum absolute atomic E-state index is 12.7. The number of H-pyrrole nitrogens is 1. The van der Waals surface area contributed by atoms with E-state index in [-0.39, 0.29) is 11.5 Å². The summed E-state index contributed by atoms with van der Waals surface area (Å²) in [5, 5.41) is 3.41. The van der Waals surface area contributed by atoms with Crippen LogP contribution in [0.1, 0.15) is 10.4 Å². The number of nitrogens with zero attached hydrogens (tertiary/aromatic N) is 3. The van der Waals surface area contributed by atoms with Gasteiger partial charge in [0.2, 0.25) is 0 Å². The van der Waals surface area contributed by atoms with Gasteiger partial charge in [-0.1, -0.05) is 12.1 Å². The van der Waals surface area contributed by atoms with Crippen molar-refractivity contribution in [3.05, 3.63) is 95.3 Å². The van der Waals surface area contributed by atoms with E-state index < -0.39 is 0 Å². The Morgan fingerprint density at radius 1 is 0.931 bits per heavy atom. The molecule has 0 bridgehead atoms. The first-order valence-electron chi connectivity index (χ1n) is 9.00. The summed E-state index contributed by atoms with van der Waals surface area (Å²) in [4.78, 5) is 36.8. The van der Waals surface area contributed by atoms with Crippen molar-refractivity contribution in [3.8, 4) is 5.69 Å². The van der Waals surface area contributed by atoms with Gasteiger partial charge in [0.1, 0.15) is 6.33 Å². The zero-order chi connectivity index (χ0) is 19.8. The number of rotatable bonds is 3. The van der Waals surface area contributed by atoms with Crippen LogP contribution in [0, 0.1) is 0 Å². The quantitative estimate of drug-likeness (QED) is 0.500. The van der Waals surface area contributed by atoms with Crippen LogP contribution in [-0.4, -0.2) is 25.4 Å². The van der Waals surface area contributed by atoms with E-state index in [1.807, 2.05) is 24.3 Å². The minimum atomic E-state index is -0.237. The summed E-state index contributed by atoms with van der Waals surface area (Å²) in [6, 6.07) is 19.5. The van der Waals surface area contributed by atoms with Crippen LogP contribution in [0.25, 0.3) is 27.6 Å². The molecule has 0 aliphatic heterocycles. The maximum atomic E-state index is 12.7. The van der Waals surface area contributed by atoms with Gasteiger partial charge in [0.25, 0.3) is 11.5 Å². The maximum Gasteiger partial charge on any atom is 0.265 e. The monoisotopic (exact) mass is 381 g/mol. The molecule has 0 fully saturated rings. The Kier molecular flexibility index (Phi) is 3.91. The predicted octanol–water partition coefficient (Wildman–Crippen LogP) is 3.51. The fraction of sp³-hybridized carbons (Fsp3) is 0. The molecular formula is C22H15N5O2. The highest BCUT2D eigenvalue weighted by Gasteiger charge is 2.09. The lowest BCUT2D eigenvalue weighted by molar-refractivity contribution is 0.102. The molecule has 0 saturated heterocycles. The molecule has 7 nitrogen and oxygen atoms in total. The third kappa shape index (κ3) is 3.04. The summed E-state index contributed by atoms with van der Waals surface area (Å²) >= 11 is 0. The van der Waals surface area contributed by atoms with E-state index in [0.717, 1.165) is 11.0 Å². The lowest BCUT2D eigenvalue weighted by atomic mass is 10.1. The highest BCUT2D eigenvalue weighted by Crippen LogP contribution is 2.17. The Balaban J connectivity index is 1.41. The van der Waals surface area contributed by atoms with Crippen LogP contribution in [0.2, 0.25) is 0 Å². The fourth-order valence-electron chi connectivity index (χ4n) is 3.24. The van der Waals surface area contributed by atoms with Gasteiger partial charge in [0.15, 0.2) is 0 Å². The molecule has 5 rings (SSSR count). The van der Waals surface area contributed by atoms with Crippen molar-refractivity contribution in [3.63, 3.8) is 0 Å². The van der Waals surface area contributed by atoms with E-state index in [4.69, 9.17) is 0 Å². The van der Waals surface area contributed by atoms with Crippen LogP contribution in [0.4, 0.5) is 5.69 Å². The Morgan fingerprint density at radius 3 is 2.62 bits per heavy atom. The number of carbonyl (C=O) groups is 1. The molecule has 2 heterocycles. The second-order valence-electron chi connectivity index (χ2n) is 6.57. The Hall–Kier alpha value is -4.26. The highest BCUT2D eigenvalue weighted by atomic mass is 16.1. The molecule has 5 aromatic rings. The van der Waals surface area contributed by atoms with Gasteiger partial charge in [-0.3, -0.25) is 14.2 Å². The summed E-state index contributed by atoms with van der Waals surface area (Å²) in [5.41, 5.74) is 3.98. The van der Waals surface area contributed by atoms with Crippen LogP contribution in [0.5, 0.6) is 0 Å². The standard InChI is InChI=1S/C22H15N5O2/c28-21(26-15-7-10-19-20(11-15)24-12-23-19)14-5-8-16(9-6-14)27-13-25-18-4-2-1-3-17(18)22(27)29/h1-13H,(H,23,24)(H,26,28). The van der Waals surface area contributed by atoms with E-state index in [2.05, 4.69) is 20.3 Å². The fourth-order valence-corrected chi connectivity index (χ4v) is 3.24. The average molecular weight is 381 g/mol. The lowest BCUT2D eigenvalue weighted by Gasteiger charge is -2.09. The first-order valence-corrected chi connectivity index (χ1v) is 9.00. The Labute approximate surface area is 164 Å². The van der Waals surface area contributed by atoms with Gasteiger partial charge < -0.3 is 10.3 Å². The molecule has 2 N–H and O–H groups in total. The first kappa shape index (κ1) is 16.9. The van der Waals surface area contributed by atoms with E-state index in [0.29, 0.717) is 27.8 Å². The number of aromatic amines is 1. The van der Waals surface area contributed by atoms with Crippen molar-refractivity contribution < 1.29 is 4.79 Å². The van der Waals surface area contributed by atoms with E-state index in [1.54, 1.807) is 48.8 Å². The van der Waals surface area contributed by atoms with Gasteiger partial charge in [0.05, 0.1) is 34.0 Å². The van der Waals surface area contributed by atoms with Crippen molar-refractivity contribution in [2.24, 2.45) is 0 Å². The number of hydrogen-bond acceptors (Lipinski definition) is 4. The molecule has 0 aliphatic carbocycles. The number of amides is 1. The van der Waals surface area contributed by atoms with Crippen LogP contribution < -0.4 is 10.9 Å². The van der Waals surface area contributed by atoms with Crippen LogP contribution in [0.15, 0.2) is 84.2 Å². The smallest absolute Gasteiger partial charge is 0.265 e. The molecule has 0 radical (unpaired) electrons. The topological polar surface area (TPSA) is 92.7 Å². The van der Waals surface area contributed by atoms with Gasteiger partial charge in [-0.05, 0) is 54.6 Å². The van der Waals surface area contributed by atoms with Crippen molar-refractivity contribution in [1.82, 2.24) is 19.5 Å². The summed E-state index contributed by atoms with van der Waals surface area (Å²) in [7, 11) is 0. The number of benzene rings is 3. The zero-order valence-electron chi connectivity index (χ0n) is 15.2. The molecular weight excluding hydrogens is 366 g/mol. The summed E-state index contributed by atoms with van der Waals surface area (Å²) in [5.74, 6) is -0.237. The zero-order valence-corrected chi connectivity index (χ0v) is 15.2. The molecule has 1 amide bonds. The third-order valence-corrected chi connectivity index (χ3v) is 4.75. The highest BCUT2D eigenvalue weighted by molar-refractivity contribution is 6.05. The number of nitrogens with one attached hydrogen (secondary N) is 2. The number of para-hydroxylation sites is 1. The molecule has 0 atom stereocenters. The molecule has 0 spiro atoms. The van der Waals surface area contributed by atoms with Crippen molar-refractivity contribution in [2.45, 2.75) is 0 Å². The van der Waals surface area contributed by atoms with E-state index >= 15 is 0 Å². The summed E-state index contributed by atoms with van der Waals surface area (Å²) in [6.07, 6.45) is 3.11.